The van der Waals surface area contributed by atoms with Gasteiger partial charge in [0.1, 0.15) is 6.04 Å². The molecule has 11 heteroatoms. The van der Waals surface area contributed by atoms with E-state index in [1.165, 1.54) is 20.1 Å². The lowest BCUT2D eigenvalue weighted by molar-refractivity contribution is -0.148. The Balaban J connectivity index is 2.36. The topological polar surface area (TPSA) is 119 Å². The normalized spacial score (nSPS) is 16.1. The number of halogens is 1. The molecule has 0 unspecified atom stereocenters. The van der Waals surface area contributed by atoms with Crippen molar-refractivity contribution in [2.75, 3.05) is 20.3 Å². The first-order chi connectivity index (χ1) is 13.7. The Morgan fingerprint density at radius 1 is 1.31 bits per heavy atom. The van der Waals surface area contributed by atoms with Crippen LogP contribution in [0.1, 0.15) is 19.4 Å². The molecule has 1 fully saturated rings. The third-order valence-corrected chi connectivity index (χ3v) is 5.20. The van der Waals surface area contributed by atoms with Gasteiger partial charge in [0.2, 0.25) is 0 Å². The van der Waals surface area contributed by atoms with Crippen LogP contribution in [-0.2, 0) is 19.1 Å². The van der Waals surface area contributed by atoms with E-state index in [1.54, 1.807) is 19.1 Å². The number of rotatable bonds is 8. The average molecular weight is 488 g/mol. The molecule has 0 bridgehead atoms. The van der Waals surface area contributed by atoms with E-state index < -0.39 is 35.7 Å². The number of hydrogen-bond acceptors (Lipinski definition) is 8. The first kappa shape index (κ1) is 22.8. The maximum atomic E-state index is 12.6. The van der Waals surface area contributed by atoms with Crippen LogP contribution in [0.4, 0.5) is 4.79 Å². The molecular formula is C18H18BrNO8S. The second-order valence-electron chi connectivity index (χ2n) is 5.70. The molecule has 0 saturated carbocycles. The molecule has 0 radical (unpaired) electrons. The number of amides is 2. The Kier molecular flexibility index (Phi) is 7.68. The number of carboxylic acids is 1. The molecule has 2 rings (SSSR count). The highest BCUT2D eigenvalue weighted by Gasteiger charge is 2.41. The monoisotopic (exact) mass is 487 g/mol. The first-order valence-electron chi connectivity index (χ1n) is 8.35. The fraction of sp³-hybridized carbons (Fsp3) is 0.333. The van der Waals surface area contributed by atoms with E-state index in [4.69, 9.17) is 14.6 Å². The van der Waals surface area contributed by atoms with Gasteiger partial charge in [-0.15, -0.1) is 0 Å². The van der Waals surface area contributed by atoms with Crippen LogP contribution in [0.5, 0.6) is 11.5 Å². The van der Waals surface area contributed by atoms with Gasteiger partial charge in [-0.25, -0.2) is 9.59 Å². The van der Waals surface area contributed by atoms with E-state index in [1.807, 2.05) is 0 Å². The summed E-state index contributed by atoms with van der Waals surface area (Å²) in [6.45, 7) is 2.90. The lowest BCUT2D eigenvalue weighted by Gasteiger charge is -2.18. The van der Waals surface area contributed by atoms with E-state index in [9.17, 15) is 19.2 Å². The smallest absolute Gasteiger partial charge is 0.341 e. The SMILES string of the molecule is CCOc1cc(/C=C2/SC(=O)N([C@@H](C)C(=O)OC)C2=O)cc(Br)c1OCC(=O)O. The molecule has 0 spiro atoms. The molecule has 29 heavy (non-hydrogen) atoms. The van der Waals surface area contributed by atoms with Crippen LogP contribution >= 0.6 is 27.7 Å². The summed E-state index contributed by atoms with van der Waals surface area (Å²) in [6.07, 6.45) is 1.48. The number of hydrogen-bond donors (Lipinski definition) is 1. The second kappa shape index (κ2) is 9.79. The van der Waals surface area contributed by atoms with Gasteiger partial charge in [-0.3, -0.25) is 14.5 Å². The van der Waals surface area contributed by atoms with Gasteiger partial charge in [0.25, 0.3) is 11.1 Å². The van der Waals surface area contributed by atoms with Crippen molar-refractivity contribution < 1.29 is 38.5 Å². The zero-order valence-electron chi connectivity index (χ0n) is 15.8. The van der Waals surface area contributed by atoms with Crippen LogP contribution in [0.3, 0.4) is 0 Å². The number of methoxy groups -OCH3 is 1. The van der Waals surface area contributed by atoms with Crippen LogP contribution in [0.25, 0.3) is 6.08 Å². The number of nitrogens with zero attached hydrogens (tertiary/aromatic N) is 1. The minimum absolute atomic E-state index is 0.124. The van der Waals surface area contributed by atoms with Gasteiger partial charge in [0, 0.05) is 0 Å². The van der Waals surface area contributed by atoms with Crippen molar-refractivity contribution in [1.29, 1.82) is 0 Å². The molecule has 1 atom stereocenters. The highest BCUT2D eigenvalue weighted by molar-refractivity contribution is 9.10. The van der Waals surface area contributed by atoms with Crippen molar-refractivity contribution in [3.05, 3.63) is 27.1 Å². The maximum absolute atomic E-state index is 12.6. The Morgan fingerprint density at radius 3 is 2.59 bits per heavy atom. The van der Waals surface area contributed by atoms with E-state index in [0.717, 1.165) is 4.90 Å². The van der Waals surface area contributed by atoms with Crippen LogP contribution in [0.2, 0.25) is 0 Å². The number of carbonyl (C=O) groups excluding carboxylic acids is 3. The summed E-state index contributed by atoms with van der Waals surface area (Å²) in [6, 6.07) is 2.11. The van der Waals surface area contributed by atoms with Gasteiger partial charge in [-0.1, -0.05) is 0 Å². The molecule has 1 aromatic carbocycles. The van der Waals surface area contributed by atoms with Crippen LogP contribution in [-0.4, -0.2) is 59.5 Å². The third kappa shape index (κ3) is 5.30. The summed E-state index contributed by atoms with van der Waals surface area (Å²) in [5, 5.41) is 8.23. The lowest BCUT2D eigenvalue weighted by atomic mass is 10.1. The number of thioether (sulfide) groups is 1. The van der Waals surface area contributed by atoms with E-state index >= 15 is 0 Å². The number of aliphatic carboxylic acids is 1. The van der Waals surface area contributed by atoms with Crippen molar-refractivity contribution in [2.45, 2.75) is 19.9 Å². The molecule has 9 nitrogen and oxygen atoms in total. The molecule has 1 N–H and O–H groups in total. The fourth-order valence-electron chi connectivity index (χ4n) is 2.45. The molecule has 2 amide bonds. The molecule has 1 heterocycles. The van der Waals surface area contributed by atoms with Gasteiger partial charge >= 0.3 is 11.9 Å². The van der Waals surface area contributed by atoms with Crippen molar-refractivity contribution in [2.24, 2.45) is 0 Å². The second-order valence-corrected chi connectivity index (χ2v) is 7.54. The number of carbonyl (C=O) groups is 4. The Morgan fingerprint density at radius 2 is 2.00 bits per heavy atom. The standard InChI is InChI=1S/C18H18BrNO8S/c1-4-27-12-6-10(5-11(19)15(12)28-8-14(21)22)7-13-16(23)20(18(25)29-13)9(2)17(24)26-3/h5-7,9H,4,8H2,1-3H3,(H,21,22)/b13-7+/t9-/m0/s1. The Hall–Kier alpha value is -2.53. The molecule has 1 aliphatic rings. The van der Waals surface area contributed by atoms with Crippen molar-refractivity contribution in [1.82, 2.24) is 4.90 Å². The Bertz CT molecular complexity index is 885. The molecule has 156 valence electrons. The zero-order valence-corrected chi connectivity index (χ0v) is 18.2. The predicted molar refractivity (Wildman–Crippen MR) is 108 cm³/mol. The minimum Gasteiger partial charge on any atom is -0.490 e. The average Bonchev–Trinajstić information content (AvgIpc) is 2.93. The molecular weight excluding hydrogens is 470 g/mol. The minimum atomic E-state index is -1.14. The number of carboxylic acid groups (broad SMARTS) is 1. The van der Waals surface area contributed by atoms with Crippen LogP contribution < -0.4 is 9.47 Å². The summed E-state index contributed by atoms with van der Waals surface area (Å²) >= 11 is 4.00. The van der Waals surface area contributed by atoms with Gasteiger partial charge in [-0.05, 0) is 65.3 Å². The van der Waals surface area contributed by atoms with Crippen molar-refractivity contribution in [3.63, 3.8) is 0 Å². The van der Waals surface area contributed by atoms with E-state index in [-0.39, 0.29) is 16.4 Å². The summed E-state index contributed by atoms with van der Waals surface area (Å²) in [5.41, 5.74) is 0.513. The fourth-order valence-corrected chi connectivity index (χ4v) is 3.93. The van der Waals surface area contributed by atoms with Gasteiger partial charge in [0.15, 0.2) is 18.1 Å². The maximum Gasteiger partial charge on any atom is 0.341 e. The van der Waals surface area contributed by atoms with Crippen molar-refractivity contribution in [3.8, 4) is 11.5 Å². The number of benzene rings is 1. The van der Waals surface area contributed by atoms with Crippen LogP contribution in [0.15, 0.2) is 21.5 Å². The van der Waals surface area contributed by atoms with Crippen LogP contribution in [0, 0.1) is 0 Å². The summed E-state index contributed by atoms with van der Waals surface area (Å²) in [5.74, 6) is -1.97. The van der Waals surface area contributed by atoms with Gasteiger partial charge < -0.3 is 19.3 Å². The highest BCUT2D eigenvalue weighted by Crippen LogP contribution is 2.39. The van der Waals surface area contributed by atoms with Gasteiger partial charge in [0.05, 0.1) is 23.1 Å². The molecule has 0 aliphatic carbocycles. The summed E-state index contributed by atoms with van der Waals surface area (Å²) < 4.78 is 15.8. The molecule has 1 aromatic rings. The quantitative estimate of drug-likeness (QED) is 0.435. The molecule has 0 aromatic heterocycles. The van der Waals surface area contributed by atoms with E-state index in [2.05, 4.69) is 20.7 Å². The van der Waals surface area contributed by atoms with Gasteiger partial charge in [-0.2, -0.15) is 0 Å². The third-order valence-electron chi connectivity index (χ3n) is 3.72. The summed E-state index contributed by atoms with van der Waals surface area (Å²) in [7, 11) is 1.18. The largest absolute Gasteiger partial charge is 0.490 e. The lowest BCUT2D eigenvalue weighted by Crippen LogP contribution is -2.42. The number of esters is 1. The zero-order chi connectivity index (χ0) is 21.7. The Labute approximate surface area is 179 Å². The number of ether oxygens (including phenoxy) is 3. The highest BCUT2D eigenvalue weighted by atomic mass is 79.9. The molecule has 1 saturated heterocycles. The predicted octanol–water partition coefficient (Wildman–Crippen LogP) is 2.91. The van der Waals surface area contributed by atoms with Crippen molar-refractivity contribution >= 4 is 56.9 Å². The summed E-state index contributed by atoms with van der Waals surface area (Å²) in [4.78, 5) is 48.2. The number of imide groups is 1. The first-order valence-corrected chi connectivity index (χ1v) is 9.96. The molecule has 1 aliphatic heterocycles. The van der Waals surface area contributed by atoms with E-state index in [0.29, 0.717) is 28.4 Å².